The topological polar surface area (TPSA) is 33.2 Å². The molecule has 18 heavy (non-hydrogen) atoms. The number of carbonyl (C=O) groups excluding carboxylic acids is 1. The molecular formula is C14H24N2OS. The fourth-order valence-corrected chi connectivity index (χ4v) is 3.35. The molecule has 3 nitrogen and oxygen atoms in total. The summed E-state index contributed by atoms with van der Waals surface area (Å²) in [6, 6.07) is 0. The zero-order chi connectivity index (χ0) is 13.6. The summed E-state index contributed by atoms with van der Waals surface area (Å²) in [4.78, 5) is 19.2. The maximum absolute atomic E-state index is 12.7. The average molecular weight is 268 g/mol. The zero-order valence-electron chi connectivity index (χ0n) is 11.9. The molecule has 0 atom stereocenters. The van der Waals surface area contributed by atoms with Gasteiger partial charge in [0, 0.05) is 11.6 Å². The van der Waals surface area contributed by atoms with Gasteiger partial charge in [0.2, 0.25) is 0 Å². The maximum Gasteiger partial charge on any atom is 0.159 e. The Morgan fingerprint density at radius 3 is 2.28 bits per heavy atom. The van der Waals surface area contributed by atoms with Crippen molar-refractivity contribution in [1.29, 1.82) is 0 Å². The summed E-state index contributed by atoms with van der Waals surface area (Å²) >= 11 is 1.56. The Kier molecular flexibility index (Phi) is 5.96. The first-order valence-electron chi connectivity index (χ1n) is 6.81. The van der Waals surface area contributed by atoms with Gasteiger partial charge in [-0.1, -0.05) is 27.7 Å². The van der Waals surface area contributed by atoms with E-state index >= 15 is 0 Å². The van der Waals surface area contributed by atoms with Gasteiger partial charge in [-0.3, -0.25) is 9.69 Å². The molecule has 0 bridgehead atoms. The van der Waals surface area contributed by atoms with Crippen LogP contribution in [0.3, 0.4) is 0 Å². The highest BCUT2D eigenvalue weighted by Gasteiger charge is 2.38. The fraction of sp³-hybridized carbons (Fsp3) is 0.714. The van der Waals surface area contributed by atoms with Crippen LogP contribution in [-0.2, 0) is 11.2 Å². The van der Waals surface area contributed by atoms with E-state index < -0.39 is 0 Å². The van der Waals surface area contributed by atoms with E-state index in [1.807, 2.05) is 5.38 Å². The van der Waals surface area contributed by atoms with Crippen molar-refractivity contribution in [2.75, 3.05) is 13.1 Å². The van der Waals surface area contributed by atoms with Crippen LogP contribution in [0.25, 0.3) is 0 Å². The van der Waals surface area contributed by atoms with Crippen LogP contribution in [0.2, 0.25) is 0 Å². The van der Waals surface area contributed by atoms with Crippen molar-refractivity contribution < 1.29 is 4.79 Å². The molecule has 0 saturated heterocycles. The third-order valence-electron chi connectivity index (χ3n) is 3.85. The van der Waals surface area contributed by atoms with Crippen molar-refractivity contribution in [3.63, 3.8) is 0 Å². The molecule has 0 aromatic carbocycles. The van der Waals surface area contributed by atoms with Crippen LogP contribution in [0.4, 0.5) is 0 Å². The Bertz CT molecular complexity index is 354. The van der Waals surface area contributed by atoms with Gasteiger partial charge in [-0.15, -0.1) is 11.3 Å². The Hall–Kier alpha value is -0.740. The number of hydrogen-bond donors (Lipinski definition) is 0. The molecule has 0 unspecified atom stereocenters. The van der Waals surface area contributed by atoms with Gasteiger partial charge in [0.25, 0.3) is 0 Å². The van der Waals surface area contributed by atoms with Crippen molar-refractivity contribution >= 4 is 17.1 Å². The van der Waals surface area contributed by atoms with Gasteiger partial charge >= 0.3 is 0 Å². The molecule has 0 amide bonds. The Morgan fingerprint density at radius 2 is 1.89 bits per heavy atom. The van der Waals surface area contributed by atoms with Gasteiger partial charge in [-0.25, -0.2) is 4.98 Å². The number of ketones is 1. The van der Waals surface area contributed by atoms with Crippen LogP contribution in [0.5, 0.6) is 0 Å². The summed E-state index contributed by atoms with van der Waals surface area (Å²) in [6.07, 6.45) is 3.98. The van der Waals surface area contributed by atoms with Crippen LogP contribution in [0.15, 0.2) is 11.6 Å². The number of rotatable bonds is 8. The summed E-state index contributed by atoms with van der Waals surface area (Å²) in [6.45, 7) is 10.3. The minimum Gasteiger partial charge on any atom is -0.297 e. The Labute approximate surface area is 114 Å². The smallest absolute Gasteiger partial charge is 0.159 e. The summed E-state index contributed by atoms with van der Waals surface area (Å²) in [5.74, 6) is 0.311. The summed E-state index contributed by atoms with van der Waals surface area (Å²) in [7, 11) is 0. The Morgan fingerprint density at radius 1 is 1.28 bits per heavy atom. The van der Waals surface area contributed by atoms with Gasteiger partial charge in [0.05, 0.1) is 17.0 Å². The first-order valence-corrected chi connectivity index (χ1v) is 7.69. The van der Waals surface area contributed by atoms with E-state index in [-0.39, 0.29) is 5.54 Å². The molecule has 0 spiro atoms. The van der Waals surface area contributed by atoms with E-state index in [4.69, 9.17) is 0 Å². The number of Topliss-reactive ketones (excluding diaryl/α,β-unsaturated/α-hetero) is 1. The SMILES string of the molecule is CCN(CC)C(CC)(CC)C(=O)Cc1nccs1. The molecule has 1 heterocycles. The second-order valence-corrected chi connectivity index (χ2v) is 5.42. The molecule has 0 aliphatic carbocycles. The highest BCUT2D eigenvalue weighted by molar-refractivity contribution is 7.09. The molecule has 1 rings (SSSR count). The number of likely N-dealkylation sites (N-methyl/N-ethyl adjacent to an activating group) is 1. The molecular weight excluding hydrogens is 244 g/mol. The van der Waals surface area contributed by atoms with Gasteiger partial charge in [-0.05, 0) is 25.9 Å². The molecule has 0 saturated carbocycles. The number of aromatic nitrogens is 1. The zero-order valence-corrected chi connectivity index (χ0v) is 12.7. The number of hydrogen-bond acceptors (Lipinski definition) is 4. The van der Waals surface area contributed by atoms with Gasteiger partial charge in [-0.2, -0.15) is 0 Å². The lowest BCUT2D eigenvalue weighted by Gasteiger charge is -2.40. The summed E-state index contributed by atoms with van der Waals surface area (Å²) in [5, 5.41) is 2.86. The third kappa shape index (κ3) is 2.98. The van der Waals surface area contributed by atoms with Gasteiger partial charge in [0.1, 0.15) is 0 Å². The van der Waals surface area contributed by atoms with E-state index in [0.717, 1.165) is 30.9 Å². The average Bonchev–Trinajstić information content (AvgIpc) is 2.88. The number of nitrogens with zero attached hydrogens (tertiary/aromatic N) is 2. The molecule has 4 heteroatoms. The first-order chi connectivity index (χ1) is 8.64. The van der Waals surface area contributed by atoms with E-state index in [1.54, 1.807) is 17.5 Å². The van der Waals surface area contributed by atoms with Gasteiger partial charge in [0.15, 0.2) is 5.78 Å². The summed E-state index contributed by atoms with van der Waals surface area (Å²) in [5.41, 5.74) is -0.310. The quantitative estimate of drug-likeness (QED) is 0.726. The van der Waals surface area contributed by atoms with E-state index in [2.05, 4.69) is 37.6 Å². The molecule has 102 valence electrons. The molecule has 0 aliphatic rings. The molecule has 0 fully saturated rings. The van der Waals surface area contributed by atoms with Crippen molar-refractivity contribution in [3.05, 3.63) is 16.6 Å². The highest BCUT2D eigenvalue weighted by atomic mass is 32.1. The number of carbonyl (C=O) groups is 1. The Balaban J connectivity index is 2.92. The lowest BCUT2D eigenvalue weighted by atomic mass is 9.84. The van der Waals surface area contributed by atoms with Crippen LogP contribution in [0.1, 0.15) is 45.5 Å². The van der Waals surface area contributed by atoms with E-state index in [0.29, 0.717) is 12.2 Å². The molecule has 0 N–H and O–H groups in total. The van der Waals surface area contributed by atoms with Crippen molar-refractivity contribution in [3.8, 4) is 0 Å². The van der Waals surface area contributed by atoms with E-state index in [9.17, 15) is 4.79 Å². The molecule has 0 aliphatic heterocycles. The van der Waals surface area contributed by atoms with Crippen molar-refractivity contribution in [2.45, 2.75) is 52.5 Å². The predicted octanol–water partition coefficient (Wildman–Crippen LogP) is 3.16. The summed E-state index contributed by atoms with van der Waals surface area (Å²) < 4.78 is 0. The molecule has 1 aromatic rings. The number of thiazole rings is 1. The monoisotopic (exact) mass is 268 g/mol. The minimum absolute atomic E-state index is 0.310. The molecule has 0 radical (unpaired) electrons. The fourth-order valence-electron chi connectivity index (χ4n) is 2.74. The van der Waals surface area contributed by atoms with Crippen LogP contribution in [-0.4, -0.2) is 34.3 Å². The van der Waals surface area contributed by atoms with Crippen LogP contribution >= 0.6 is 11.3 Å². The van der Waals surface area contributed by atoms with Crippen LogP contribution in [0, 0.1) is 0 Å². The standard InChI is InChI=1S/C14H24N2OS/c1-5-14(6-2,16(7-3)8-4)12(17)11-13-15-9-10-18-13/h9-10H,5-8,11H2,1-4H3. The maximum atomic E-state index is 12.7. The predicted molar refractivity (Wildman–Crippen MR) is 77.1 cm³/mol. The normalized spacial score (nSPS) is 12.1. The largest absolute Gasteiger partial charge is 0.297 e. The lowest BCUT2D eigenvalue weighted by Crippen LogP contribution is -2.54. The second kappa shape index (κ2) is 7.00. The highest BCUT2D eigenvalue weighted by Crippen LogP contribution is 2.27. The third-order valence-corrected chi connectivity index (χ3v) is 4.63. The van der Waals surface area contributed by atoms with E-state index in [1.165, 1.54) is 0 Å². The van der Waals surface area contributed by atoms with Crippen LogP contribution < -0.4 is 0 Å². The minimum atomic E-state index is -0.310. The van der Waals surface area contributed by atoms with Gasteiger partial charge < -0.3 is 0 Å². The second-order valence-electron chi connectivity index (χ2n) is 4.44. The molecule has 1 aromatic heterocycles. The first kappa shape index (κ1) is 15.3. The van der Waals surface area contributed by atoms with Crippen molar-refractivity contribution in [1.82, 2.24) is 9.88 Å². The van der Waals surface area contributed by atoms with Crippen molar-refractivity contribution in [2.24, 2.45) is 0 Å². The lowest BCUT2D eigenvalue weighted by molar-refractivity contribution is -0.131.